The maximum atomic E-state index is 12.6. The van der Waals surface area contributed by atoms with E-state index in [2.05, 4.69) is 4.98 Å². The Labute approximate surface area is 127 Å². The van der Waals surface area contributed by atoms with Gasteiger partial charge in [0.25, 0.3) is 0 Å². The highest BCUT2D eigenvalue weighted by molar-refractivity contribution is 6.31. The summed E-state index contributed by atoms with van der Waals surface area (Å²) in [6.07, 6.45) is 0. The molecule has 2 aromatic rings. The van der Waals surface area contributed by atoms with Gasteiger partial charge < -0.3 is 15.4 Å². The number of carbonyl (C=O) groups is 1. The first-order valence-corrected chi connectivity index (χ1v) is 7.25. The molecule has 0 bridgehead atoms. The van der Waals surface area contributed by atoms with E-state index in [-0.39, 0.29) is 5.91 Å². The number of imidazole rings is 1. The second-order valence-electron chi connectivity index (χ2n) is 5.09. The molecule has 112 valence electrons. The Morgan fingerprint density at radius 3 is 2.86 bits per heavy atom. The molecule has 21 heavy (non-hydrogen) atoms. The minimum atomic E-state index is -0.424. The molecule has 1 aliphatic rings. The quantitative estimate of drug-likeness (QED) is 0.916. The number of carbonyl (C=O) groups excluding carboxylic acids is 1. The SMILES string of the molecule is CC(C(=O)N1CCOCC1)n1c(N)nc2ccc(Cl)cc21. The molecule has 1 aromatic carbocycles. The fourth-order valence-electron chi connectivity index (χ4n) is 2.65. The van der Waals surface area contributed by atoms with E-state index in [4.69, 9.17) is 22.1 Å². The molecule has 1 saturated heterocycles. The number of morpholine rings is 1. The van der Waals surface area contributed by atoms with Gasteiger partial charge >= 0.3 is 0 Å². The standard InChI is InChI=1S/C14H17ClN4O2/c1-9(13(20)18-4-6-21-7-5-18)19-12-8-10(15)2-3-11(12)17-14(19)16/h2-3,8-9H,4-7H2,1H3,(H2,16,17). The molecule has 7 heteroatoms. The summed E-state index contributed by atoms with van der Waals surface area (Å²) in [6.45, 7) is 4.19. The largest absolute Gasteiger partial charge is 0.378 e. The molecule has 1 aromatic heterocycles. The lowest BCUT2D eigenvalue weighted by Crippen LogP contribution is -2.43. The van der Waals surface area contributed by atoms with E-state index in [1.807, 2.05) is 6.92 Å². The number of fused-ring (bicyclic) bond motifs is 1. The number of benzene rings is 1. The first kappa shape index (κ1) is 14.2. The second-order valence-corrected chi connectivity index (χ2v) is 5.52. The fraction of sp³-hybridized carbons (Fsp3) is 0.429. The molecule has 1 amide bonds. The first-order valence-electron chi connectivity index (χ1n) is 6.87. The molecule has 6 nitrogen and oxygen atoms in total. The van der Waals surface area contributed by atoms with Crippen molar-refractivity contribution >= 4 is 34.5 Å². The average molecular weight is 309 g/mol. The van der Waals surface area contributed by atoms with Crippen LogP contribution in [0.1, 0.15) is 13.0 Å². The van der Waals surface area contributed by atoms with Gasteiger partial charge in [0.05, 0.1) is 24.2 Å². The highest BCUT2D eigenvalue weighted by atomic mass is 35.5. The summed E-state index contributed by atoms with van der Waals surface area (Å²) in [7, 11) is 0. The van der Waals surface area contributed by atoms with E-state index in [1.54, 1.807) is 27.7 Å². The molecule has 3 rings (SSSR count). The van der Waals surface area contributed by atoms with Crippen LogP contribution >= 0.6 is 11.6 Å². The van der Waals surface area contributed by atoms with Crippen molar-refractivity contribution in [2.45, 2.75) is 13.0 Å². The molecular formula is C14H17ClN4O2. The average Bonchev–Trinajstić information content (AvgIpc) is 2.82. The van der Waals surface area contributed by atoms with Gasteiger partial charge in [-0.05, 0) is 25.1 Å². The monoisotopic (exact) mass is 308 g/mol. The normalized spacial score (nSPS) is 17.1. The van der Waals surface area contributed by atoms with Gasteiger partial charge in [-0.1, -0.05) is 11.6 Å². The van der Waals surface area contributed by atoms with Crippen LogP contribution in [-0.2, 0) is 9.53 Å². The van der Waals surface area contributed by atoms with Gasteiger partial charge in [0.2, 0.25) is 11.9 Å². The van der Waals surface area contributed by atoms with Crippen LogP contribution in [0, 0.1) is 0 Å². The van der Waals surface area contributed by atoms with Crippen molar-refractivity contribution in [3.05, 3.63) is 23.2 Å². The van der Waals surface area contributed by atoms with E-state index in [9.17, 15) is 4.79 Å². The molecule has 2 heterocycles. The zero-order valence-corrected chi connectivity index (χ0v) is 12.5. The van der Waals surface area contributed by atoms with Crippen molar-refractivity contribution in [2.24, 2.45) is 0 Å². The van der Waals surface area contributed by atoms with Crippen LogP contribution in [0.15, 0.2) is 18.2 Å². The molecule has 1 fully saturated rings. The smallest absolute Gasteiger partial charge is 0.245 e. The van der Waals surface area contributed by atoms with E-state index in [1.165, 1.54) is 0 Å². The third-order valence-electron chi connectivity index (χ3n) is 3.75. The molecule has 2 N–H and O–H groups in total. The Hall–Kier alpha value is -1.79. The number of nitrogens with zero attached hydrogens (tertiary/aromatic N) is 3. The third kappa shape index (κ3) is 2.56. The van der Waals surface area contributed by atoms with Crippen molar-refractivity contribution in [3.63, 3.8) is 0 Å². The second kappa shape index (κ2) is 5.54. The Bertz CT molecular complexity index is 679. The minimum Gasteiger partial charge on any atom is -0.378 e. The summed E-state index contributed by atoms with van der Waals surface area (Å²) in [5.41, 5.74) is 7.49. The Morgan fingerprint density at radius 1 is 1.43 bits per heavy atom. The minimum absolute atomic E-state index is 0.0178. The maximum Gasteiger partial charge on any atom is 0.245 e. The van der Waals surface area contributed by atoms with Gasteiger partial charge in [0.15, 0.2) is 0 Å². The number of halogens is 1. The van der Waals surface area contributed by atoms with Crippen LogP contribution in [0.3, 0.4) is 0 Å². The molecule has 1 atom stereocenters. The number of aromatic nitrogens is 2. The fourth-order valence-corrected chi connectivity index (χ4v) is 2.82. The van der Waals surface area contributed by atoms with Gasteiger partial charge in [0, 0.05) is 18.1 Å². The topological polar surface area (TPSA) is 73.4 Å². The van der Waals surface area contributed by atoms with Crippen LogP contribution in [0.5, 0.6) is 0 Å². The van der Waals surface area contributed by atoms with Crippen molar-refractivity contribution in [3.8, 4) is 0 Å². The summed E-state index contributed by atoms with van der Waals surface area (Å²) < 4.78 is 7.01. The highest BCUT2D eigenvalue weighted by Crippen LogP contribution is 2.26. The van der Waals surface area contributed by atoms with E-state index >= 15 is 0 Å². The zero-order chi connectivity index (χ0) is 15.0. The van der Waals surface area contributed by atoms with E-state index in [0.29, 0.717) is 37.3 Å². The van der Waals surface area contributed by atoms with Crippen molar-refractivity contribution in [1.82, 2.24) is 14.5 Å². The predicted octanol–water partition coefficient (Wildman–Crippen LogP) is 1.69. The number of ether oxygens (including phenoxy) is 1. The van der Waals surface area contributed by atoms with Crippen molar-refractivity contribution in [1.29, 1.82) is 0 Å². The Morgan fingerprint density at radius 2 is 2.14 bits per heavy atom. The number of amides is 1. The Balaban J connectivity index is 1.96. The van der Waals surface area contributed by atoms with Crippen molar-refractivity contribution in [2.75, 3.05) is 32.0 Å². The summed E-state index contributed by atoms with van der Waals surface area (Å²) in [6, 6.07) is 4.92. The molecule has 1 unspecified atom stereocenters. The van der Waals surface area contributed by atoms with Crippen molar-refractivity contribution < 1.29 is 9.53 Å². The number of anilines is 1. The van der Waals surface area contributed by atoms with Crippen LogP contribution in [0.25, 0.3) is 11.0 Å². The van der Waals surface area contributed by atoms with E-state index < -0.39 is 6.04 Å². The molecule has 0 aliphatic carbocycles. The molecule has 0 radical (unpaired) electrons. The summed E-state index contributed by atoms with van der Waals surface area (Å²) >= 11 is 6.04. The number of nitrogens with two attached hydrogens (primary N) is 1. The molecule has 0 spiro atoms. The van der Waals surface area contributed by atoms with E-state index in [0.717, 1.165) is 11.0 Å². The van der Waals surface area contributed by atoms with Gasteiger partial charge in [-0.3, -0.25) is 9.36 Å². The van der Waals surface area contributed by atoms with Gasteiger partial charge in [0.1, 0.15) is 6.04 Å². The lowest BCUT2D eigenvalue weighted by molar-refractivity contribution is -0.138. The maximum absolute atomic E-state index is 12.6. The molecule has 1 aliphatic heterocycles. The number of rotatable bonds is 2. The lowest BCUT2D eigenvalue weighted by Gasteiger charge is -2.30. The number of nitrogen functional groups attached to an aromatic ring is 1. The molecular weight excluding hydrogens is 292 g/mol. The number of hydrogen-bond donors (Lipinski definition) is 1. The van der Waals surface area contributed by atoms with Gasteiger partial charge in [-0.25, -0.2) is 4.98 Å². The Kier molecular flexibility index (Phi) is 3.73. The zero-order valence-electron chi connectivity index (χ0n) is 11.8. The van der Waals surface area contributed by atoms with Crippen LogP contribution in [0.2, 0.25) is 5.02 Å². The van der Waals surface area contributed by atoms with Crippen LogP contribution in [-0.4, -0.2) is 46.7 Å². The van der Waals surface area contributed by atoms with Gasteiger partial charge in [-0.15, -0.1) is 0 Å². The van der Waals surface area contributed by atoms with Crippen LogP contribution in [0.4, 0.5) is 5.95 Å². The summed E-state index contributed by atoms with van der Waals surface area (Å²) in [4.78, 5) is 18.7. The number of hydrogen-bond acceptors (Lipinski definition) is 4. The lowest BCUT2D eigenvalue weighted by atomic mass is 10.2. The third-order valence-corrected chi connectivity index (χ3v) is 3.98. The summed E-state index contributed by atoms with van der Waals surface area (Å²) in [5.74, 6) is 0.339. The van der Waals surface area contributed by atoms with Crippen LogP contribution < -0.4 is 5.73 Å². The predicted molar refractivity (Wildman–Crippen MR) is 81.3 cm³/mol. The highest BCUT2D eigenvalue weighted by Gasteiger charge is 2.26. The first-order chi connectivity index (χ1) is 10.1. The summed E-state index contributed by atoms with van der Waals surface area (Å²) in [5, 5.41) is 0.592. The molecule has 0 saturated carbocycles. The van der Waals surface area contributed by atoms with Gasteiger partial charge in [-0.2, -0.15) is 0 Å².